The van der Waals surface area contributed by atoms with Crippen LogP contribution in [-0.2, 0) is 18.9 Å². The second-order valence-corrected chi connectivity index (χ2v) is 7.51. The van der Waals surface area contributed by atoms with Crippen molar-refractivity contribution in [2.24, 2.45) is 0 Å². The molecule has 0 bridgehead atoms. The quantitative estimate of drug-likeness (QED) is 0.485. The van der Waals surface area contributed by atoms with Gasteiger partial charge in [0.1, 0.15) is 18.2 Å². The van der Waals surface area contributed by atoms with E-state index >= 15 is 0 Å². The minimum atomic E-state index is -0.221. The molecule has 3 aromatic rings. The number of benzene rings is 2. The van der Waals surface area contributed by atoms with E-state index in [4.69, 9.17) is 4.74 Å². The van der Waals surface area contributed by atoms with Crippen LogP contribution in [0.15, 0.2) is 53.7 Å². The van der Waals surface area contributed by atoms with Crippen molar-refractivity contribution in [1.82, 2.24) is 14.8 Å². The summed E-state index contributed by atoms with van der Waals surface area (Å²) in [5.74, 6) is 2.62. The molecule has 3 rings (SSSR count). The number of rotatable bonds is 8. The second-order valence-electron chi connectivity index (χ2n) is 6.57. The van der Waals surface area contributed by atoms with E-state index in [0.717, 1.165) is 34.6 Å². The van der Waals surface area contributed by atoms with Gasteiger partial charge in [0, 0.05) is 12.3 Å². The van der Waals surface area contributed by atoms with E-state index in [9.17, 15) is 4.39 Å². The third-order valence-electron chi connectivity index (χ3n) is 4.31. The Hall–Kier alpha value is -2.34. The molecule has 0 N–H and O–H groups in total. The Morgan fingerprint density at radius 3 is 2.37 bits per heavy atom. The van der Waals surface area contributed by atoms with Gasteiger partial charge < -0.3 is 9.30 Å². The molecule has 0 amide bonds. The molecule has 1 aromatic heterocycles. The summed E-state index contributed by atoms with van der Waals surface area (Å²) in [6.45, 7) is 7.55. The predicted molar refractivity (Wildman–Crippen MR) is 107 cm³/mol. The zero-order valence-electron chi connectivity index (χ0n) is 15.9. The van der Waals surface area contributed by atoms with Crippen LogP contribution in [0.5, 0.6) is 5.75 Å². The van der Waals surface area contributed by atoms with Crippen molar-refractivity contribution in [3.63, 3.8) is 0 Å². The summed E-state index contributed by atoms with van der Waals surface area (Å²) in [4.78, 5) is 0. The molecule has 0 aliphatic rings. The third-order valence-corrected chi connectivity index (χ3v) is 5.34. The minimum absolute atomic E-state index is 0.221. The van der Waals surface area contributed by atoms with E-state index in [-0.39, 0.29) is 5.82 Å². The zero-order valence-corrected chi connectivity index (χ0v) is 16.7. The Labute approximate surface area is 163 Å². The Balaban J connectivity index is 1.62. The van der Waals surface area contributed by atoms with E-state index in [1.807, 2.05) is 12.1 Å². The lowest BCUT2D eigenvalue weighted by Crippen LogP contribution is -2.07. The van der Waals surface area contributed by atoms with Gasteiger partial charge in [0.15, 0.2) is 11.0 Å². The van der Waals surface area contributed by atoms with Crippen LogP contribution in [0.4, 0.5) is 4.39 Å². The fraction of sp³-hybridized carbons (Fsp3) is 0.333. The van der Waals surface area contributed by atoms with Gasteiger partial charge in [0.2, 0.25) is 0 Å². The number of hydrogen-bond donors (Lipinski definition) is 0. The fourth-order valence-electron chi connectivity index (χ4n) is 2.68. The molecule has 0 atom stereocenters. The van der Waals surface area contributed by atoms with Crippen LogP contribution in [0.2, 0.25) is 0 Å². The summed E-state index contributed by atoms with van der Waals surface area (Å²) < 4.78 is 20.9. The molecule has 27 heavy (non-hydrogen) atoms. The molecule has 0 aliphatic heterocycles. The average molecular weight is 386 g/mol. The highest BCUT2D eigenvalue weighted by Crippen LogP contribution is 2.23. The number of aromatic nitrogens is 3. The maximum Gasteiger partial charge on any atom is 0.191 e. The van der Waals surface area contributed by atoms with E-state index < -0.39 is 0 Å². The predicted octanol–water partition coefficient (Wildman–Crippen LogP) is 5.43. The van der Waals surface area contributed by atoms with E-state index in [2.05, 4.69) is 47.7 Å². The minimum Gasteiger partial charge on any atom is -0.486 e. The molecule has 142 valence electrons. The molecule has 0 unspecified atom stereocenters. The molecule has 6 heteroatoms. The smallest absolute Gasteiger partial charge is 0.191 e. The average Bonchev–Trinajstić information content (AvgIpc) is 3.08. The zero-order chi connectivity index (χ0) is 19.2. The topological polar surface area (TPSA) is 39.9 Å². The SMILES string of the molecule is CCn1c(COc2ccc(C(C)C)cc2)nnc1SCc1ccc(F)cc1. The number of hydrogen-bond acceptors (Lipinski definition) is 4. The molecular formula is C21H24FN3OS. The fourth-order valence-corrected chi connectivity index (χ4v) is 3.65. The Kier molecular flexibility index (Phi) is 6.50. The van der Waals surface area contributed by atoms with Crippen LogP contribution in [0.25, 0.3) is 0 Å². The Morgan fingerprint density at radius 2 is 1.74 bits per heavy atom. The van der Waals surface area contributed by atoms with Crippen molar-refractivity contribution in [1.29, 1.82) is 0 Å². The molecule has 0 saturated carbocycles. The Morgan fingerprint density at radius 1 is 1.04 bits per heavy atom. The van der Waals surface area contributed by atoms with Crippen LogP contribution in [-0.4, -0.2) is 14.8 Å². The number of ether oxygens (including phenoxy) is 1. The van der Waals surface area contributed by atoms with Crippen molar-refractivity contribution >= 4 is 11.8 Å². The Bertz CT molecular complexity index is 860. The summed E-state index contributed by atoms with van der Waals surface area (Å²) in [5, 5.41) is 9.42. The van der Waals surface area contributed by atoms with Gasteiger partial charge in [-0.2, -0.15) is 0 Å². The number of thioether (sulfide) groups is 1. The molecule has 0 saturated heterocycles. The van der Waals surface area contributed by atoms with Gasteiger partial charge in [-0.15, -0.1) is 10.2 Å². The van der Waals surface area contributed by atoms with Crippen LogP contribution in [0.1, 0.15) is 43.6 Å². The van der Waals surface area contributed by atoms with Gasteiger partial charge in [-0.1, -0.05) is 49.9 Å². The molecule has 0 radical (unpaired) electrons. The standard InChI is InChI=1S/C21H24FN3OS/c1-4-25-20(13-26-19-11-7-17(8-12-19)15(2)3)23-24-21(25)27-14-16-5-9-18(22)10-6-16/h5-12,15H,4,13-14H2,1-3H3. The summed E-state index contributed by atoms with van der Waals surface area (Å²) in [6.07, 6.45) is 0. The van der Waals surface area contributed by atoms with Gasteiger partial charge in [-0.25, -0.2) is 4.39 Å². The van der Waals surface area contributed by atoms with Crippen molar-refractivity contribution in [3.8, 4) is 5.75 Å². The molecule has 1 heterocycles. The van der Waals surface area contributed by atoms with Crippen LogP contribution in [0.3, 0.4) is 0 Å². The normalized spacial score (nSPS) is 11.1. The van der Waals surface area contributed by atoms with Gasteiger partial charge >= 0.3 is 0 Å². The monoisotopic (exact) mass is 385 g/mol. The summed E-state index contributed by atoms with van der Waals surface area (Å²) in [6, 6.07) is 14.7. The first-order valence-corrected chi connectivity index (χ1v) is 10.1. The molecule has 0 spiro atoms. The summed E-state index contributed by atoms with van der Waals surface area (Å²) in [5.41, 5.74) is 2.34. The van der Waals surface area contributed by atoms with Gasteiger partial charge in [-0.05, 0) is 48.2 Å². The van der Waals surface area contributed by atoms with Crippen molar-refractivity contribution < 1.29 is 9.13 Å². The first kappa shape index (κ1) is 19.4. The first-order valence-electron chi connectivity index (χ1n) is 9.09. The largest absolute Gasteiger partial charge is 0.486 e. The lowest BCUT2D eigenvalue weighted by Gasteiger charge is -2.10. The second kappa shape index (κ2) is 9.04. The number of nitrogens with zero attached hydrogens (tertiary/aromatic N) is 3. The van der Waals surface area contributed by atoms with Gasteiger partial charge in [0.05, 0.1) is 0 Å². The van der Waals surface area contributed by atoms with Gasteiger partial charge in [0.25, 0.3) is 0 Å². The summed E-state index contributed by atoms with van der Waals surface area (Å²) in [7, 11) is 0. The van der Waals surface area contributed by atoms with Crippen molar-refractivity contribution in [2.45, 2.75) is 50.8 Å². The van der Waals surface area contributed by atoms with Gasteiger partial charge in [-0.3, -0.25) is 0 Å². The molecular weight excluding hydrogens is 361 g/mol. The lowest BCUT2D eigenvalue weighted by molar-refractivity contribution is 0.288. The molecule has 0 fully saturated rings. The van der Waals surface area contributed by atoms with E-state index in [1.165, 1.54) is 17.7 Å². The van der Waals surface area contributed by atoms with Crippen LogP contribution in [0, 0.1) is 5.82 Å². The van der Waals surface area contributed by atoms with E-state index in [0.29, 0.717) is 12.5 Å². The highest BCUT2D eigenvalue weighted by Gasteiger charge is 2.12. The lowest BCUT2D eigenvalue weighted by atomic mass is 10.0. The highest BCUT2D eigenvalue weighted by atomic mass is 32.2. The summed E-state index contributed by atoms with van der Waals surface area (Å²) >= 11 is 1.59. The highest BCUT2D eigenvalue weighted by molar-refractivity contribution is 7.98. The molecule has 2 aromatic carbocycles. The first-order chi connectivity index (χ1) is 13.1. The van der Waals surface area contributed by atoms with Crippen LogP contribution >= 0.6 is 11.8 Å². The van der Waals surface area contributed by atoms with Crippen LogP contribution < -0.4 is 4.74 Å². The van der Waals surface area contributed by atoms with Crippen molar-refractivity contribution in [3.05, 3.63) is 71.3 Å². The van der Waals surface area contributed by atoms with E-state index in [1.54, 1.807) is 23.9 Å². The number of halogens is 1. The maximum absolute atomic E-state index is 13.0. The van der Waals surface area contributed by atoms with Crippen molar-refractivity contribution in [2.75, 3.05) is 0 Å². The molecule has 4 nitrogen and oxygen atoms in total. The third kappa shape index (κ3) is 5.10. The maximum atomic E-state index is 13.0. The molecule has 0 aliphatic carbocycles.